The lowest BCUT2D eigenvalue weighted by molar-refractivity contribution is -0.139. The van der Waals surface area contributed by atoms with Crippen LogP contribution in [0.1, 0.15) is 26.2 Å². The first kappa shape index (κ1) is 21.9. The van der Waals surface area contributed by atoms with Gasteiger partial charge in [-0.15, -0.1) is 0 Å². The summed E-state index contributed by atoms with van der Waals surface area (Å²) in [5, 5.41) is 0.447. The van der Waals surface area contributed by atoms with Gasteiger partial charge in [-0.1, -0.05) is 18.0 Å². The molecule has 0 radical (unpaired) electrons. The molecule has 0 aliphatic heterocycles. The number of carbonyl (C=O) groups excluding carboxylic acids is 1. The summed E-state index contributed by atoms with van der Waals surface area (Å²) in [6, 6.07) is 5.80. The molecule has 0 amide bonds. The minimum atomic E-state index is -3.60. The first-order valence-electron chi connectivity index (χ1n) is 7.77. The standard InChI is InChI=1S/C15H22ClNO6S2/c1-2-23-15(18)12-24(19,20)11-5-3-4-10-17-25(21,22)14-8-6-13(16)7-9-14/h6-9,17H,2-5,10-12H2,1H3. The van der Waals surface area contributed by atoms with Crippen LogP contribution in [-0.2, 0) is 29.4 Å². The van der Waals surface area contributed by atoms with Crippen LogP contribution in [0.2, 0.25) is 5.02 Å². The number of benzene rings is 1. The van der Waals surface area contributed by atoms with Gasteiger partial charge in [0.15, 0.2) is 9.84 Å². The van der Waals surface area contributed by atoms with E-state index >= 15 is 0 Å². The average molecular weight is 412 g/mol. The normalized spacial score (nSPS) is 12.1. The number of hydrogen-bond donors (Lipinski definition) is 1. The summed E-state index contributed by atoms with van der Waals surface area (Å²) in [7, 11) is -7.09. The monoisotopic (exact) mass is 411 g/mol. The van der Waals surface area contributed by atoms with Gasteiger partial charge in [-0.25, -0.2) is 21.6 Å². The number of nitrogens with one attached hydrogen (secondary N) is 1. The Hall–Kier alpha value is -1.16. The van der Waals surface area contributed by atoms with E-state index < -0.39 is 31.6 Å². The van der Waals surface area contributed by atoms with E-state index in [1.165, 1.54) is 24.3 Å². The summed E-state index contributed by atoms with van der Waals surface area (Å²) >= 11 is 5.72. The summed E-state index contributed by atoms with van der Waals surface area (Å²) in [6.07, 6.45) is 1.36. The van der Waals surface area contributed by atoms with Crippen molar-refractivity contribution in [3.05, 3.63) is 29.3 Å². The average Bonchev–Trinajstić information content (AvgIpc) is 2.50. The molecule has 0 aliphatic rings. The molecule has 0 aromatic heterocycles. The van der Waals surface area contributed by atoms with E-state index in [2.05, 4.69) is 9.46 Å². The zero-order valence-electron chi connectivity index (χ0n) is 13.9. The van der Waals surface area contributed by atoms with E-state index in [4.69, 9.17) is 11.6 Å². The molecule has 0 saturated carbocycles. The van der Waals surface area contributed by atoms with Crippen LogP contribution in [0.3, 0.4) is 0 Å². The number of sulfone groups is 1. The maximum Gasteiger partial charge on any atom is 0.321 e. The number of rotatable bonds is 11. The Morgan fingerprint density at radius 1 is 1.08 bits per heavy atom. The molecule has 10 heteroatoms. The van der Waals surface area contributed by atoms with Crippen molar-refractivity contribution in [3.63, 3.8) is 0 Å². The predicted octanol–water partition coefficient (Wildman–Crippen LogP) is 1.77. The fourth-order valence-electron chi connectivity index (χ4n) is 1.98. The molecule has 0 unspecified atom stereocenters. The quantitative estimate of drug-likeness (QED) is 0.439. The Bertz CT molecular complexity index is 760. The van der Waals surface area contributed by atoms with Gasteiger partial charge in [0.05, 0.1) is 17.3 Å². The van der Waals surface area contributed by atoms with Crippen molar-refractivity contribution < 1.29 is 26.4 Å². The number of hydrogen-bond acceptors (Lipinski definition) is 6. The highest BCUT2D eigenvalue weighted by atomic mass is 35.5. The van der Waals surface area contributed by atoms with Gasteiger partial charge in [0.25, 0.3) is 0 Å². The minimum Gasteiger partial charge on any atom is -0.465 e. The first-order valence-corrected chi connectivity index (χ1v) is 11.5. The van der Waals surface area contributed by atoms with Crippen LogP contribution in [0.4, 0.5) is 0 Å². The molecule has 1 aromatic carbocycles. The van der Waals surface area contributed by atoms with Crippen molar-refractivity contribution in [2.75, 3.05) is 24.7 Å². The fraction of sp³-hybridized carbons (Fsp3) is 0.533. The molecule has 0 heterocycles. The minimum absolute atomic E-state index is 0.119. The molecule has 0 bridgehead atoms. The Labute approximate surface area is 153 Å². The topological polar surface area (TPSA) is 107 Å². The van der Waals surface area contributed by atoms with Crippen LogP contribution in [0.25, 0.3) is 0 Å². The molecular formula is C15H22ClNO6S2. The van der Waals surface area contributed by atoms with Crippen molar-refractivity contribution in [2.45, 2.75) is 31.1 Å². The van der Waals surface area contributed by atoms with Crippen molar-refractivity contribution >= 4 is 37.4 Å². The van der Waals surface area contributed by atoms with Gasteiger partial charge in [0, 0.05) is 11.6 Å². The molecule has 25 heavy (non-hydrogen) atoms. The zero-order chi connectivity index (χ0) is 18.9. The highest BCUT2D eigenvalue weighted by Gasteiger charge is 2.17. The third kappa shape index (κ3) is 8.66. The molecule has 1 aromatic rings. The number of unbranched alkanes of at least 4 members (excludes halogenated alkanes) is 2. The van der Waals surface area contributed by atoms with Crippen LogP contribution in [0.15, 0.2) is 29.2 Å². The molecule has 7 nitrogen and oxygen atoms in total. The van der Waals surface area contributed by atoms with Gasteiger partial charge in [-0.3, -0.25) is 4.79 Å². The van der Waals surface area contributed by atoms with Crippen molar-refractivity contribution in [1.29, 1.82) is 0 Å². The van der Waals surface area contributed by atoms with Crippen LogP contribution >= 0.6 is 11.6 Å². The second-order valence-corrected chi connectivity index (χ2v) is 9.70. The molecule has 0 saturated heterocycles. The SMILES string of the molecule is CCOC(=O)CS(=O)(=O)CCCCCNS(=O)(=O)c1ccc(Cl)cc1. The summed E-state index contributed by atoms with van der Waals surface area (Å²) in [4.78, 5) is 11.3. The Morgan fingerprint density at radius 3 is 2.32 bits per heavy atom. The van der Waals surface area contributed by atoms with Crippen LogP contribution < -0.4 is 4.72 Å². The largest absolute Gasteiger partial charge is 0.465 e. The van der Waals surface area contributed by atoms with Gasteiger partial charge in [0.1, 0.15) is 5.75 Å². The number of ether oxygens (including phenoxy) is 1. The van der Waals surface area contributed by atoms with E-state index in [1.807, 2.05) is 0 Å². The maximum absolute atomic E-state index is 12.0. The lowest BCUT2D eigenvalue weighted by Gasteiger charge is -2.07. The summed E-state index contributed by atoms with van der Waals surface area (Å²) in [5.41, 5.74) is 0. The number of carbonyl (C=O) groups is 1. The Morgan fingerprint density at radius 2 is 1.72 bits per heavy atom. The predicted molar refractivity (Wildman–Crippen MR) is 95.8 cm³/mol. The van der Waals surface area contributed by atoms with Gasteiger partial charge < -0.3 is 4.74 Å². The molecule has 1 rings (SSSR count). The van der Waals surface area contributed by atoms with Gasteiger partial charge >= 0.3 is 5.97 Å². The highest BCUT2D eigenvalue weighted by Crippen LogP contribution is 2.13. The number of sulfonamides is 1. The van der Waals surface area contributed by atoms with Gasteiger partial charge in [-0.05, 0) is 44.0 Å². The lowest BCUT2D eigenvalue weighted by atomic mass is 10.2. The van der Waals surface area contributed by atoms with E-state index in [9.17, 15) is 21.6 Å². The number of esters is 1. The molecular weight excluding hydrogens is 390 g/mol. The molecule has 142 valence electrons. The van der Waals surface area contributed by atoms with E-state index in [-0.39, 0.29) is 23.8 Å². The van der Waals surface area contributed by atoms with Crippen molar-refractivity contribution in [2.24, 2.45) is 0 Å². The number of halogens is 1. The van der Waals surface area contributed by atoms with E-state index in [1.54, 1.807) is 6.92 Å². The first-order chi connectivity index (χ1) is 11.7. The Balaban J connectivity index is 2.30. The highest BCUT2D eigenvalue weighted by molar-refractivity contribution is 7.92. The summed E-state index contributed by atoms with van der Waals surface area (Å²) < 4.78 is 54.5. The Kier molecular flexibility index (Phi) is 8.84. The smallest absolute Gasteiger partial charge is 0.321 e. The molecule has 0 spiro atoms. The maximum atomic E-state index is 12.0. The summed E-state index contributed by atoms with van der Waals surface area (Å²) in [6.45, 7) is 1.95. The second-order valence-electron chi connectivity index (χ2n) is 5.31. The third-order valence-corrected chi connectivity index (χ3v) is 6.51. The molecule has 1 N–H and O–H groups in total. The van der Waals surface area contributed by atoms with Crippen LogP contribution in [-0.4, -0.2) is 47.5 Å². The third-order valence-electron chi connectivity index (χ3n) is 3.19. The second kappa shape index (κ2) is 10.1. The van der Waals surface area contributed by atoms with Crippen molar-refractivity contribution in [3.8, 4) is 0 Å². The molecule has 0 fully saturated rings. The van der Waals surface area contributed by atoms with Crippen LogP contribution in [0, 0.1) is 0 Å². The molecule has 0 atom stereocenters. The molecule has 0 aliphatic carbocycles. The van der Waals surface area contributed by atoms with Crippen LogP contribution in [0.5, 0.6) is 0 Å². The van der Waals surface area contributed by atoms with E-state index in [0.717, 1.165) is 0 Å². The van der Waals surface area contributed by atoms with Crippen molar-refractivity contribution in [1.82, 2.24) is 4.72 Å². The summed E-state index contributed by atoms with van der Waals surface area (Å²) in [5.74, 6) is -1.50. The fourth-order valence-corrected chi connectivity index (χ4v) is 4.41. The lowest BCUT2D eigenvalue weighted by Crippen LogP contribution is -2.25. The van der Waals surface area contributed by atoms with Gasteiger partial charge in [-0.2, -0.15) is 0 Å². The van der Waals surface area contributed by atoms with Gasteiger partial charge in [0.2, 0.25) is 10.0 Å². The zero-order valence-corrected chi connectivity index (χ0v) is 16.3. The van der Waals surface area contributed by atoms with E-state index in [0.29, 0.717) is 24.3 Å².